The lowest BCUT2D eigenvalue weighted by Gasteiger charge is -2.00. The lowest BCUT2D eigenvalue weighted by molar-refractivity contribution is -0.129. The molecule has 0 aliphatic heterocycles. The van der Waals surface area contributed by atoms with E-state index in [0.717, 1.165) is 11.1 Å². The van der Waals surface area contributed by atoms with Gasteiger partial charge in [0.15, 0.2) is 0 Å². The lowest BCUT2D eigenvalue weighted by Crippen LogP contribution is -1.96. The van der Waals surface area contributed by atoms with Gasteiger partial charge in [-0.1, -0.05) is 24.3 Å². The van der Waals surface area contributed by atoms with Crippen molar-refractivity contribution in [2.24, 2.45) is 5.73 Å². The van der Waals surface area contributed by atoms with E-state index in [0.29, 0.717) is 19.6 Å². The van der Waals surface area contributed by atoms with E-state index < -0.39 is 0 Å². The second kappa shape index (κ2) is 4.51. The second-order valence-corrected chi connectivity index (χ2v) is 2.43. The van der Waals surface area contributed by atoms with Gasteiger partial charge in [0.05, 0.1) is 0 Å². The average molecular weight is 165 g/mol. The van der Waals surface area contributed by atoms with Crippen LogP contribution in [0.25, 0.3) is 0 Å². The van der Waals surface area contributed by atoms with Crippen molar-refractivity contribution in [2.45, 2.75) is 13.2 Å². The molecule has 3 nitrogen and oxygen atoms in total. The first kappa shape index (κ1) is 8.74. The zero-order valence-corrected chi connectivity index (χ0v) is 6.69. The Bertz CT molecular complexity index is 243. The summed E-state index contributed by atoms with van der Waals surface area (Å²) in [5.41, 5.74) is 7.46. The molecule has 0 radical (unpaired) electrons. The van der Waals surface area contributed by atoms with Crippen LogP contribution in [0.15, 0.2) is 24.3 Å². The van der Waals surface area contributed by atoms with Gasteiger partial charge in [0.1, 0.15) is 6.61 Å². The van der Waals surface area contributed by atoms with E-state index in [-0.39, 0.29) is 0 Å². The Kier molecular flexibility index (Phi) is 3.29. The Labute approximate surface area is 71.1 Å². The van der Waals surface area contributed by atoms with E-state index >= 15 is 0 Å². The van der Waals surface area contributed by atoms with Gasteiger partial charge >= 0.3 is 0 Å². The standard InChI is InChI=1S/C9H11NO2/c10-5-8-1-3-9(4-2-8)6-12-7-11/h1-4,7H,5-6,10H2. The van der Waals surface area contributed by atoms with Crippen molar-refractivity contribution < 1.29 is 9.53 Å². The molecule has 1 rings (SSSR count). The zero-order chi connectivity index (χ0) is 8.81. The number of benzene rings is 1. The fourth-order valence-corrected chi connectivity index (χ4v) is 0.902. The summed E-state index contributed by atoms with van der Waals surface area (Å²) in [4.78, 5) is 9.86. The highest BCUT2D eigenvalue weighted by atomic mass is 16.5. The van der Waals surface area contributed by atoms with E-state index in [4.69, 9.17) is 5.73 Å². The van der Waals surface area contributed by atoms with Crippen LogP contribution in [-0.2, 0) is 22.7 Å². The van der Waals surface area contributed by atoms with Crippen LogP contribution in [-0.4, -0.2) is 6.47 Å². The first-order valence-electron chi connectivity index (χ1n) is 3.70. The summed E-state index contributed by atoms with van der Waals surface area (Å²) in [5.74, 6) is 0. The topological polar surface area (TPSA) is 52.3 Å². The number of hydrogen-bond acceptors (Lipinski definition) is 3. The third kappa shape index (κ3) is 2.36. The molecule has 1 aromatic carbocycles. The first-order chi connectivity index (χ1) is 5.86. The molecular formula is C9H11NO2. The van der Waals surface area contributed by atoms with Gasteiger partial charge in [-0.05, 0) is 11.1 Å². The number of carbonyl (C=O) groups is 1. The average Bonchev–Trinajstić information content (AvgIpc) is 2.15. The molecule has 0 spiro atoms. The Morgan fingerprint density at radius 3 is 2.33 bits per heavy atom. The van der Waals surface area contributed by atoms with Crippen LogP contribution in [0, 0.1) is 0 Å². The Morgan fingerprint density at radius 1 is 1.25 bits per heavy atom. The largest absolute Gasteiger partial charge is 0.463 e. The van der Waals surface area contributed by atoms with E-state index in [1.54, 1.807) is 0 Å². The summed E-state index contributed by atoms with van der Waals surface area (Å²) >= 11 is 0. The molecule has 0 heterocycles. The van der Waals surface area contributed by atoms with Crippen molar-refractivity contribution in [3.05, 3.63) is 35.4 Å². The Morgan fingerprint density at radius 2 is 1.83 bits per heavy atom. The number of nitrogens with two attached hydrogens (primary N) is 1. The minimum Gasteiger partial charge on any atom is -0.463 e. The van der Waals surface area contributed by atoms with Crippen LogP contribution in [0.5, 0.6) is 0 Å². The quantitative estimate of drug-likeness (QED) is 0.672. The molecule has 0 unspecified atom stereocenters. The van der Waals surface area contributed by atoms with Crippen LogP contribution in [0.3, 0.4) is 0 Å². The molecule has 0 aliphatic rings. The fraction of sp³-hybridized carbons (Fsp3) is 0.222. The minimum atomic E-state index is 0.328. The number of carbonyl (C=O) groups excluding carboxylic acids is 1. The zero-order valence-electron chi connectivity index (χ0n) is 6.69. The summed E-state index contributed by atoms with van der Waals surface area (Å²) in [5, 5.41) is 0. The molecule has 0 amide bonds. The molecule has 0 atom stereocenters. The van der Waals surface area contributed by atoms with Gasteiger partial charge in [-0.3, -0.25) is 4.79 Å². The third-order valence-electron chi connectivity index (χ3n) is 1.58. The van der Waals surface area contributed by atoms with Crippen LogP contribution >= 0.6 is 0 Å². The second-order valence-electron chi connectivity index (χ2n) is 2.43. The molecule has 3 heteroatoms. The molecule has 0 bridgehead atoms. The van der Waals surface area contributed by atoms with Crippen LogP contribution in [0.2, 0.25) is 0 Å². The maximum Gasteiger partial charge on any atom is 0.293 e. The molecule has 64 valence electrons. The number of hydrogen-bond donors (Lipinski definition) is 1. The van der Waals surface area contributed by atoms with E-state index in [2.05, 4.69) is 4.74 Å². The number of rotatable bonds is 4. The van der Waals surface area contributed by atoms with Crippen molar-refractivity contribution in [1.82, 2.24) is 0 Å². The molecular weight excluding hydrogens is 154 g/mol. The Balaban J connectivity index is 2.58. The van der Waals surface area contributed by atoms with Crippen molar-refractivity contribution in [3.63, 3.8) is 0 Å². The van der Waals surface area contributed by atoms with Crippen molar-refractivity contribution in [2.75, 3.05) is 0 Å². The lowest BCUT2D eigenvalue weighted by atomic mass is 10.1. The molecule has 2 N–H and O–H groups in total. The summed E-state index contributed by atoms with van der Waals surface area (Å²) in [7, 11) is 0. The summed E-state index contributed by atoms with van der Waals surface area (Å²) < 4.78 is 4.58. The van der Waals surface area contributed by atoms with Gasteiger partial charge in [0.2, 0.25) is 0 Å². The molecule has 0 saturated heterocycles. The summed E-state index contributed by atoms with van der Waals surface area (Å²) in [6.45, 7) is 1.31. The molecule has 0 saturated carbocycles. The maximum atomic E-state index is 9.86. The molecule has 0 aromatic heterocycles. The normalized spacial score (nSPS) is 9.42. The first-order valence-corrected chi connectivity index (χ1v) is 3.70. The summed E-state index contributed by atoms with van der Waals surface area (Å²) in [6, 6.07) is 7.63. The van der Waals surface area contributed by atoms with E-state index in [1.807, 2.05) is 24.3 Å². The van der Waals surface area contributed by atoms with E-state index in [1.165, 1.54) is 0 Å². The molecule has 0 fully saturated rings. The van der Waals surface area contributed by atoms with Crippen LogP contribution in [0.4, 0.5) is 0 Å². The van der Waals surface area contributed by atoms with Crippen LogP contribution < -0.4 is 5.73 Å². The van der Waals surface area contributed by atoms with Gasteiger partial charge in [0.25, 0.3) is 6.47 Å². The monoisotopic (exact) mass is 165 g/mol. The van der Waals surface area contributed by atoms with Crippen LogP contribution in [0.1, 0.15) is 11.1 Å². The predicted octanol–water partition coefficient (Wildman–Crippen LogP) is 0.818. The van der Waals surface area contributed by atoms with Crippen molar-refractivity contribution >= 4 is 6.47 Å². The van der Waals surface area contributed by atoms with Gasteiger partial charge < -0.3 is 10.5 Å². The van der Waals surface area contributed by atoms with Crippen molar-refractivity contribution in [1.29, 1.82) is 0 Å². The SMILES string of the molecule is NCc1ccc(COC=O)cc1. The minimum absolute atomic E-state index is 0.328. The highest BCUT2D eigenvalue weighted by Crippen LogP contribution is 2.04. The number of ether oxygens (including phenoxy) is 1. The van der Waals surface area contributed by atoms with Gasteiger partial charge in [-0.25, -0.2) is 0 Å². The molecule has 1 aromatic rings. The predicted molar refractivity (Wildman–Crippen MR) is 45.2 cm³/mol. The maximum absolute atomic E-state index is 9.86. The smallest absolute Gasteiger partial charge is 0.293 e. The van der Waals surface area contributed by atoms with E-state index in [9.17, 15) is 4.79 Å². The molecule has 0 aliphatic carbocycles. The Hall–Kier alpha value is -1.35. The van der Waals surface area contributed by atoms with Gasteiger partial charge in [-0.2, -0.15) is 0 Å². The third-order valence-corrected chi connectivity index (χ3v) is 1.58. The van der Waals surface area contributed by atoms with Gasteiger partial charge in [-0.15, -0.1) is 0 Å². The van der Waals surface area contributed by atoms with Gasteiger partial charge in [0, 0.05) is 6.54 Å². The fourth-order valence-electron chi connectivity index (χ4n) is 0.902. The highest BCUT2D eigenvalue weighted by Gasteiger charge is 1.92. The summed E-state index contributed by atoms with van der Waals surface area (Å²) in [6.07, 6.45) is 0. The highest BCUT2D eigenvalue weighted by molar-refractivity contribution is 5.37. The molecule has 12 heavy (non-hydrogen) atoms. The van der Waals surface area contributed by atoms with Crippen molar-refractivity contribution in [3.8, 4) is 0 Å².